The summed E-state index contributed by atoms with van der Waals surface area (Å²) >= 11 is 0. The van der Waals surface area contributed by atoms with Crippen molar-refractivity contribution < 1.29 is 13.2 Å². The minimum absolute atomic E-state index is 0.208. The number of halogens is 3. The lowest BCUT2D eigenvalue weighted by molar-refractivity contribution is 0.492. The molecule has 0 aliphatic rings. The predicted molar refractivity (Wildman–Crippen MR) is 72.9 cm³/mol. The first-order valence-electron chi connectivity index (χ1n) is 6.41. The fourth-order valence-corrected chi connectivity index (χ4v) is 2.20. The topological polar surface area (TPSA) is 26.0 Å². The Labute approximate surface area is 116 Å². The molecule has 0 saturated heterocycles. The Balaban J connectivity index is 2.11. The number of hydrogen-bond donors (Lipinski definition) is 1. The van der Waals surface area contributed by atoms with Gasteiger partial charge in [0.2, 0.25) is 0 Å². The van der Waals surface area contributed by atoms with Gasteiger partial charge in [-0.05, 0) is 54.7 Å². The molecule has 0 aliphatic carbocycles. The average Bonchev–Trinajstić information content (AvgIpc) is 2.39. The third-order valence-corrected chi connectivity index (χ3v) is 3.31. The highest BCUT2D eigenvalue weighted by Crippen LogP contribution is 2.16. The number of nitrogens with two attached hydrogens (primary N) is 1. The van der Waals surface area contributed by atoms with Gasteiger partial charge < -0.3 is 5.73 Å². The van der Waals surface area contributed by atoms with Crippen LogP contribution in [0.5, 0.6) is 0 Å². The van der Waals surface area contributed by atoms with Gasteiger partial charge in [-0.3, -0.25) is 0 Å². The predicted octanol–water partition coefficient (Wildman–Crippen LogP) is 3.52. The minimum Gasteiger partial charge on any atom is -0.327 e. The first-order chi connectivity index (χ1) is 9.47. The smallest absolute Gasteiger partial charge is 0.162 e. The van der Waals surface area contributed by atoms with Crippen molar-refractivity contribution in [1.82, 2.24) is 0 Å². The van der Waals surface area contributed by atoms with E-state index >= 15 is 0 Å². The highest BCUT2D eigenvalue weighted by Gasteiger charge is 2.13. The van der Waals surface area contributed by atoms with Crippen LogP contribution in [0.15, 0.2) is 36.4 Å². The molecule has 0 bridgehead atoms. The van der Waals surface area contributed by atoms with Crippen molar-refractivity contribution >= 4 is 0 Å². The maximum absolute atomic E-state index is 13.6. The first-order valence-corrected chi connectivity index (χ1v) is 6.41. The van der Waals surface area contributed by atoms with Crippen molar-refractivity contribution in [1.29, 1.82) is 0 Å². The molecule has 0 amide bonds. The Morgan fingerprint density at radius 1 is 1.00 bits per heavy atom. The van der Waals surface area contributed by atoms with E-state index in [1.54, 1.807) is 6.07 Å². The molecular weight excluding hydrogens is 263 g/mol. The third-order valence-electron chi connectivity index (χ3n) is 3.31. The second kappa shape index (κ2) is 6.09. The Morgan fingerprint density at radius 3 is 2.45 bits per heavy atom. The molecular formula is C16H16F3N. The quantitative estimate of drug-likeness (QED) is 0.910. The van der Waals surface area contributed by atoms with Gasteiger partial charge in [0, 0.05) is 6.04 Å². The molecule has 106 valence electrons. The van der Waals surface area contributed by atoms with Crippen LogP contribution >= 0.6 is 0 Å². The number of benzene rings is 2. The summed E-state index contributed by atoms with van der Waals surface area (Å²) in [4.78, 5) is 0. The fourth-order valence-electron chi connectivity index (χ4n) is 2.20. The molecule has 2 rings (SSSR count). The standard InChI is InChI=1S/C16H16F3N/c1-10-5-6-13(17)7-12(10)9-14(20)8-11-3-2-4-15(18)16(11)19/h2-7,14H,8-9,20H2,1H3. The molecule has 0 aromatic heterocycles. The van der Waals surface area contributed by atoms with Crippen LogP contribution < -0.4 is 5.73 Å². The van der Waals surface area contributed by atoms with Crippen LogP contribution in [0.3, 0.4) is 0 Å². The van der Waals surface area contributed by atoms with Crippen LogP contribution in [0.25, 0.3) is 0 Å². The van der Waals surface area contributed by atoms with Crippen molar-refractivity contribution in [3.63, 3.8) is 0 Å². The molecule has 1 unspecified atom stereocenters. The molecule has 0 fully saturated rings. The third kappa shape index (κ3) is 3.39. The molecule has 4 heteroatoms. The highest BCUT2D eigenvalue weighted by molar-refractivity contribution is 5.28. The molecule has 1 atom stereocenters. The normalized spacial score (nSPS) is 12.4. The first kappa shape index (κ1) is 14.6. The van der Waals surface area contributed by atoms with E-state index in [0.29, 0.717) is 6.42 Å². The lowest BCUT2D eigenvalue weighted by Gasteiger charge is -2.14. The Bertz CT molecular complexity index is 607. The zero-order chi connectivity index (χ0) is 14.7. The second-order valence-electron chi connectivity index (χ2n) is 4.95. The molecule has 0 heterocycles. The van der Waals surface area contributed by atoms with Gasteiger partial charge >= 0.3 is 0 Å². The molecule has 0 saturated carbocycles. The van der Waals surface area contributed by atoms with Crippen LogP contribution in [0.1, 0.15) is 16.7 Å². The molecule has 2 N–H and O–H groups in total. The van der Waals surface area contributed by atoms with Gasteiger partial charge in [-0.15, -0.1) is 0 Å². The summed E-state index contributed by atoms with van der Waals surface area (Å²) in [5.41, 5.74) is 7.92. The van der Waals surface area contributed by atoms with Gasteiger partial charge in [0.15, 0.2) is 11.6 Å². The average molecular weight is 279 g/mol. The van der Waals surface area contributed by atoms with Gasteiger partial charge in [0.1, 0.15) is 5.82 Å². The van der Waals surface area contributed by atoms with E-state index in [2.05, 4.69) is 0 Å². The number of hydrogen-bond acceptors (Lipinski definition) is 1. The molecule has 0 aliphatic heterocycles. The molecule has 0 spiro atoms. The van der Waals surface area contributed by atoms with Crippen molar-refractivity contribution in [3.8, 4) is 0 Å². The van der Waals surface area contributed by atoms with Gasteiger partial charge in [-0.25, -0.2) is 13.2 Å². The fraction of sp³-hybridized carbons (Fsp3) is 0.250. The van der Waals surface area contributed by atoms with E-state index in [1.807, 2.05) is 6.92 Å². The molecule has 0 radical (unpaired) electrons. The number of rotatable bonds is 4. The highest BCUT2D eigenvalue weighted by atomic mass is 19.2. The summed E-state index contributed by atoms with van der Waals surface area (Å²) in [5.74, 6) is -2.06. The van der Waals surface area contributed by atoms with E-state index in [4.69, 9.17) is 5.73 Å². The van der Waals surface area contributed by atoms with Crippen molar-refractivity contribution in [2.24, 2.45) is 5.73 Å². The summed E-state index contributed by atoms with van der Waals surface area (Å²) in [6.45, 7) is 1.87. The van der Waals surface area contributed by atoms with Crippen molar-refractivity contribution in [2.75, 3.05) is 0 Å². The van der Waals surface area contributed by atoms with Gasteiger partial charge in [0.05, 0.1) is 0 Å². The Kier molecular flexibility index (Phi) is 4.45. The van der Waals surface area contributed by atoms with E-state index in [9.17, 15) is 13.2 Å². The van der Waals surface area contributed by atoms with E-state index in [-0.39, 0.29) is 17.8 Å². The van der Waals surface area contributed by atoms with Crippen LogP contribution in [0.4, 0.5) is 13.2 Å². The lowest BCUT2D eigenvalue weighted by Crippen LogP contribution is -2.26. The Morgan fingerprint density at radius 2 is 1.70 bits per heavy atom. The van der Waals surface area contributed by atoms with Crippen LogP contribution in [-0.4, -0.2) is 6.04 Å². The summed E-state index contributed by atoms with van der Waals surface area (Å²) in [7, 11) is 0. The SMILES string of the molecule is Cc1ccc(F)cc1CC(N)Cc1cccc(F)c1F. The lowest BCUT2D eigenvalue weighted by atomic mass is 9.96. The molecule has 20 heavy (non-hydrogen) atoms. The van der Waals surface area contributed by atoms with E-state index in [0.717, 1.165) is 17.2 Å². The zero-order valence-electron chi connectivity index (χ0n) is 11.2. The zero-order valence-corrected chi connectivity index (χ0v) is 11.2. The van der Waals surface area contributed by atoms with Crippen molar-refractivity contribution in [2.45, 2.75) is 25.8 Å². The van der Waals surface area contributed by atoms with Crippen molar-refractivity contribution in [3.05, 3.63) is 70.5 Å². The van der Waals surface area contributed by atoms with Gasteiger partial charge in [-0.1, -0.05) is 18.2 Å². The molecule has 2 aromatic carbocycles. The summed E-state index contributed by atoms with van der Waals surface area (Å²) in [5, 5.41) is 0. The Hall–Kier alpha value is -1.81. The minimum atomic E-state index is -0.878. The number of aryl methyl sites for hydroxylation is 1. The molecule has 2 aromatic rings. The van der Waals surface area contributed by atoms with Gasteiger partial charge in [-0.2, -0.15) is 0 Å². The van der Waals surface area contributed by atoms with Gasteiger partial charge in [0.25, 0.3) is 0 Å². The summed E-state index contributed by atoms with van der Waals surface area (Å²) < 4.78 is 39.9. The van der Waals surface area contributed by atoms with E-state index in [1.165, 1.54) is 24.3 Å². The maximum Gasteiger partial charge on any atom is 0.162 e. The van der Waals surface area contributed by atoms with E-state index < -0.39 is 17.7 Å². The monoisotopic (exact) mass is 279 g/mol. The maximum atomic E-state index is 13.6. The van der Waals surface area contributed by atoms with Crippen LogP contribution in [0, 0.1) is 24.4 Å². The van der Waals surface area contributed by atoms with Crippen LogP contribution in [0.2, 0.25) is 0 Å². The van der Waals surface area contributed by atoms with Crippen LogP contribution in [-0.2, 0) is 12.8 Å². The summed E-state index contributed by atoms with van der Waals surface area (Å²) in [6, 6.07) is 8.13. The molecule has 1 nitrogen and oxygen atoms in total. The second-order valence-corrected chi connectivity index (χ2v) is 4.95. The summed E-state index contributed by atoms with van der Waals surface area (Å²) in [6.07, 6.45) is 0.624. The largest absolute Gasteiger partial charge is 0.327 e.